The van der Waals surface area contributed by atoms with E-state index in [9.17, 15) is 18.4 Å². The number of hydrogen-bond donors (Lipinski definition) is 1. The predicted molar refractivity (Wildman–Crippen MR) is 48.0 cm³/mol. The van der Waals surface area contributed by atoms with Gasteiger partial charge in [-0.05, 0) is 6.92 Å². The van der Waals surface area contributed by atoms with Crippen molar-refractivity contribution >= 4 is 11.8 Å². The van der Waals surface area contributed by atoms with Crippen LogP contribution in [0.3, 0.4) is 0 Å². The van der Waals surface area contributed by atoms with Crippen molar-refractivity contribution in [1.82, 2.24) is 0 Å². The first-order valence-electron chi connectivity index (χ1n) is 4.08. The van der Waals surface area contributed by atoms with E-state index in [2.05, 4.69) is 0 Å². The number of Topliss-reactive ketones (excluding diaryl/α,β-unsaturated/α-hetero) is 1. The molecule has 0 aliphatic rings. The first-order valence-corrected chi connectivity index (χ1v) is 4.08. The number of carbonyl (C=O) groups excluding carboxylic acids is 1. The van der Waals surface area contributed by atoms with Crippen molar-refractivity contribution < 1.29 is 23.5 Å². The van der Waals surface area contributed by atoms with Gasteiger partial charge in [0, 0.05) is 11.1 Å². The Kier molecular flexibility index (Phi) is 2.83. The summed E-state index contributed by atoms with van der Waals surface area (Å²) in [5, 5.41) is 8.26. The van der Waals surface area contributed by atoms with Crippen LogP contribution in [-0.2, 0) is 10.7 Å². The minimum Gasteiger partial charge on any atom is -0.477 e. The molecule has 0 radical (unpaired) electrons. The van der Waals surface area contributed by atoms with Gasteiger partial charge in [-0.2, -0.15) is 8.78 Å². The average molecular weight is 214 g/mol. The van der Waals surface area contributed by atoms with Gasteiger partial charge < -0.3 is 5.11 Å². The van der Waals surface area contributed by atoms with Crippen molar-refractivity contribution in [1.29, 1.82) is 0 Å². The zero-order chi connectivity index (χ0) is 11.6. The molecule has 0 aliphatic heterocycles. The lowest BCUT2D eigenvalue weighted by Gasteiger charge is -2.11. The van der Waals surface area contributed by atoms with Gasteiger partial charge in [0.1, 0.15) is 0 Å². The standard InChI is InChI=1S/C10H8F2O3/c1-6(13)7-2-4-8(5-3-7)10(11,12)9(14)15/h2-5H,1H3,(H,14,15). The number of halogens is 2. The van der Waals surface area contributed by atoms with Gasteiger partial charge in [0.15, 0.2) is 5.78 Å². The van der Waals surface area contributed by atoms with Crippen LogP contribution in [-0.4, -0.2) is 16.9 Å². The highest BCUT2D eigenvalue weighted by molar-refractivity contribution is 5.94. The Bertz CT molecular complexity index is 396. The second-order valence-corrected chi connectivity index (χ2v) is 3.01. The molecule has 0 unspecified atom stereocenters. The maximum absolute atomic E-state index is 12.9. The molecule has 15 heavy (non-hydrogen) atoms. The number of carboxylic acids is 1. The van der Waals surface area contributed by atoms with Crippen LogP contribution in [0.2, 0.25) is 0 Å². The fourth-order valence-electron chi connectivity index (χ4n) is 1.04. The molecule has 0 atom stereocenters. The molecule has 0 aliphatic carbocycles. The van der Waals surface area contributed by atoms with Crippen molar-refractivity contribution in [3.63, 3.8) is 0 Å². The fourth-order valence-corrected chi connectivity index (χ4v) is 1.04. The van der Waals surface area contributed by atoms with Crippen LogP contribution in [0.5, 0.6) is 0 Å². The lowest BCUT2D eigenvalue weighted by molar-refractivity contribution is -0.166. The molecule has 0 amide bonds. The minimum atomic E-state index is -3.92. The van der Waals surface area contributed by atoms with Crippen LogP contribution in [0.15, 0.2) is 24.3 Å². The molecule has 3 nitrogen and oxygen atoms in total. The Morgan fingerprint density at radius 3 is 2.00 bits per heavy atom. The number of hydrogen-bond acceptors (Lipinski definition) is 2. The zero-order valence-corrected chi connectivity index (χ0v) is 7.83. The van der Waals surface area contributed by atoms with Crippen molar-refractivity contribution in [2.75, 3.05) is 0 Å². The Hall–Kier alpha value is -1.78. The number of alkyl halides is 2. The van der Waals surface area contributed by atoms with Gasteiger partial charge in [-0.15, -0.1) is 0 Å². The maximum Gasteiger partial charge on any atom is 0.379 e. The highest BCUT2D eigenvalue weighted by Crippen LogP contribution is 2.28. The molecule has 0 bridgehead atoms. The van der Waals surface area contributed by atoms with Gasteiger partial charge in [-0.1, -0.05) is 24.3 Å². The van der Waals surface area contributed by atoms with E-state index in [0.717, 1.165) is 12.1 Å². The number of ketones is 1. The van der Waals surface area contributed by atoms with E-state index in [0.29, 0.717) is 0 Å². The SMILES string of the molecule is CC(=O)c1ccc(C(F)(F)C(=O)O)cc1. The molecule has 0 saturated heterocycles. The lowest BCUT2D eigenvalue weighted by Crippen LogP contribution is -2.25. The third kappa shape index (κ3) is 2.18. The van der Waals surface area contributed by atoms with Gasteiger partial charge in [0.2, 0.25) is 0 Å². The number of rotatable bonds is 3. The molecule has 1 aromatic carbocycles. The summed E-state index contributed by atoms with van der Waals surface area (Å²) in [4.78, 5) is 21.1. The first-order chi connectivity index (χ1) is 6.85. The number of carbonyl (C=O) groups is 2. The molecule has 0 fully saturated rings. The van der Waals surface area contributed by atoms with Crippen LogP contribution < -0.4 is 0 Å². The van der Waals surface area contributed by atoms with E-state index >= 15 is 0 Å². The summed E-state index contributed by atoms with van der Waals surface area (Å²) in [5.41, 5.74) is -0.375. The van der Waals surface area contributed by atoms with Crippen molar-refractivity contribution in [3.05, 3.63) is 35.4 Å². The van der Waals surface area contributed by atoms with Crippen LogP contribution in [0.1, 0.15) is 22.8 Å². The molecular formula is C10H8F2O3. The highest BCUT2D eigenvalue weighted by atomic mass is 19.3. The van der Waals surface area contributed by atoms with Gasteiger partial charge in [-0.3, -0.25) is 4.79 Å². The third-order valence-corrected chi connectivity index (χ3v) is 1.92. The average Bonchev–Trinajstić information content (AvgIpc) is 2.17. The van der Waals surface area contributed by atoms with Crippen molar-refractivity contribution in [3.8, 4) is 0 Å². The van der Waals surface area contributed by atoms with Gasteiger partial charge in [-0.25, -0.2) is 4.79 Å². The van der Waals surface area contributed by atoms with E-state index < -0.39 is 17.5 Å². The monoisotopic (exact) mass is 214 g/mol. The smallest absolute Gasteiger partial charge is 0.379 e. The van der Waals surface area contributed by atoms with E-state index in [1.54, 1.807) is 0 Å². The quantitative estimate of drug-likeness (QED) is 0.783. The Labute approximate surface area is 84.3 Å². The largest absolute Gasteiger partial charge is 0.477 e. The van der Waals surface area contributed by atoms with Crippen molar-refractivity contribution in [2.45, 2.75) is 12.8 Å². The van der Waals surface area contributed by atoms with E-state index in [4.69, 9.17) is 5.11 Å². The summed E-state index contributed by atoms with van der Waals surface area (Å²) in [6, 6.07) is 4.22. The molecule has 1 aromatic rings. The zero-order valence-electron chi connectivity index (χ0n) is 7.83. The normalized spacial score (nSPS) is 11.1. The second-order valence-electron chi connectivity index (χ2n) is 3.01. The molecular weight excluding hydrogens is 206 g/mol. The fraction of sp³-hybridized carbons (Fsp3) is 0.200. The second kappa shape index (κ2) is 3.76. The molecule has 1 rings (SSSR count). The first kappa shape index (κ1) is 11.3. The Morgan fingerprint density at radius 2 is 1.67 bits per heavy atom. The van der Waals surface area contributed by atoms with Crippen LogP contribution in [0.25, 0.3) is 0 Å². The lowest BCUT2D eigenvalue weighted by atomic mass is 10.0. The molecule has 80 valence electrons. The predicted octanol–water partition coefficient (Wildman–Crippen LogP) is 2.07. The molecule has 1 N–H and O–H groups in total. The van der Waals surface area contributed by atoms with Gasteiger partial charge in [0.25, 0.3) is 0 Å². The summed E-state index contributed by atoms with van der Waals surface area (Å²) in [6.45, 7) is 1.30. The molecule has 0 saturated carbocycles. The van der Waals surface area contributed by atoms with Gasteiger partial charge in [0.05, 0.1) is 0 Å². The number of benzene rings is 1. The van der Waals surface area contributed by atoms with Crippen LogP contribution in [0, 0.1) is 0 Å². The number of aliphatic carboxylic acids is 1. The Morgan fingerprint density at radius 1 is 1.20 bits per heavy atom. The molecule has 0 heterocycles. The number of carboxylic acid groups (broad SMARTS) is 1. The van der Waals surface area contributed by atoms with E-state index in [1.165, 1.54) is 19.1 Å². The summed E-state index contributed by atoms with van der Waals surface area (Å²) >= 11 is 0. The van der Waals surface area contributed by atoms with Gasteiger partial charge >= 0.3 is 11.9 Å². The molecule has 0 aromatic heterocycles. The van der Waals surface area contributed by atoms with E-state index in [-0.39, 0.29) is 11.3 Å². The molecule has 5 heteroatoms. The van der Waals surface area contributed by atoms with Crippen molar-refractivity contribution in [2.24, 2.45) is 0 Å². The third-order valence-electron chi connectivity index (χ3n) is 1.92. The summed E-state index contributed by atoms with van der Waals surface area (Å²) in [6.07, 6.45) is 0. The van der Waals surface area contributed by atoms with E-state index in [1.807, 2.05) is 0 Å². The topological polar surface area (TPSA) is 54.4 Å². The summed E-state index contributed by atoms with van der Waals surface area (Å²) in [5.74, 6) is -6.40. The maximum atomic E-state index is 12.9. The summed E-state index contributed by atoms with van der Waals surface area (Å²) in [7, 11) is 0. The highest BCUT2D eigenvalue weighted by Gasteiger charge is 2.40. The van der Waals surface area contributed by atoms with Crippen LogP contribution in [0.4, 0.5) is 8.78 Å². The summed E-state index contributed by atoms with van der Waals surface area (Å²) < 4.78 is 25.9. The molecule has 0 spiro atoms. The Balaban J connectivity index is 3.09. The minimum absolute atomic E-state index is 0.264. The van der Waals surface area contributed by atoms with Crippen LogP contribution >= 0.6 is 0 Å².